The zero-order valence-electron chi connectivity index (χ0n) is 14.4. The molecule has 3 rings (SSSR count). The Morgan fingerprint density at radius 2 is 1.96 bits per heavy atom. The molecule has 0 fully saturated rings. The minimum Gasteiger partial charge on any atom is -0.495 e. The average Bonchev–Trinajstić information content (AvgIpc) is 3.16. The first-order valence-electron chi connectivity index (χ1n) is 7.78. The maximum Gasteiger partial charge on any atom is 0.257 e. The Bertz CT molecular complexity index is 990. The Morgan fingerprint density at radius 1 is 1.15 bits per heavy atom. The second-order valence-electron chi connectivity index (χ2n) is 5.47. The number of nitrogens with one attached hydrogen (secondary N) is 2. The molecule has 138 valence electrons. The molecule has 0 saturated heterocycles. The lowest BCUT2D eigenvalue weighted by atomic mass is 10.1. The number of carbonyl (C=O) groups is 2. The van der Waals surface area contributed by atoms with E-state index in [4.69, 9.17) is 4.74 Å². The van der Waals surface area contributed by atoms with Crippen LogP contribution in [0.3, 0.4) is 0 Å². The van der Waals surface area contributed by atoms with Crippen molar-refractivity contribution in [3.63, 3.8) is 0 Å². The summed E-state index contributed by atoms with van der Waals surface area (Å²) in [5.41, 5.74) is 1.14. The summed E-state index contributed by atoms with van der Waals surface area (Å²) in [5, 5.41) is 16.0. The van der Waals surface area contributed by atoms with Crippen LogP contribution in [0.5, 0.6) is 5.75 Å². The largest absolute Gasteiger partial charge is 0.495 e. The molecule has 0 aliphatic rings. The number of ether oxygens (including phenoxy) is 1. The van der Waals surface area contributed by atoms with E-state index in [0.717, 1.165) is 12.1 Å². The number of rotatable bonds is 5. The van der Waals surface area contributed by atoms with Gasteiger partial charge in [0.2, 0.25) is 5.91 Å². The van der Waals surface area contributed by atoms with Gasteiger partial charge in [0.05, 0.1) is 24.0 Å². The maximum absolute atomic E-state index is 13.6. The Kier molecular flexibility index (Phi) is 5.06. The van der Waals surface area contributed by atoms with Crippen molar-refractivity contribution < 1.29 is 18.7 Å². The van der Waals surface area contributed by atoms with E-state index < -0.39 is 11.7 Å². The van der Waals surface area contributed by atoms with Crippen LogP contribution in [-0.4, -0.2) is 39.1 Å². The minimum absolute atomic E-state index is 0.149. The second kappa shape index (κ2) is 7.60. The number of anilines is 2. The summed E-state index contributed by atoms with van der Waals surface area (Å²) < 4.78 is 20.1. The van der Waals surface area contributed by atoms with E-state index >= 15 is 0 Å². The molecule has 0 aliphatic carbocycles. The quantitative estimate of drug-likeness (QED) is 0.711. The van der Waals surface area contributed by atoms with E-state index in [0.29, 0.717) is 17.1 Å². The molecular formula is C17H15FN6O3. The number of tetrazole rings is 1. The highest BCUT2D eigenvalue weighted by Crippen LogP contribution is 2.29. The minimum atomic E-state index is -0.540. The zero-order valence-corrected chi connectivity index (χ0v) is 14.4. The molecule has 10 heteroatoms. The van der Waals surface area contributed by atoms with Crippen LogP contribution in [0.15, 0.2) is 42.7 Å². The number of hydrogen-bond acceptors (Lipinski definition) is 6. The van der Waals surface area contributed by atoms with Gasteiger partial charge in [0.15, 0.2) is 0 Å². The molecule has 0 bridgehead atoms. The summed E-state index contributed by atoms with van der Waals surface area (Å²) in [6, 6.07) is 8.43. The van der Waals surface area contributed by atoms with Crippen molar-refractivity contribution in [2.75, 3.05) is 17.7 Å². The molecule has 0 radical (unpaired) electrons. The first kappa shape index (κ1) is 18.0. The van der Waals surface area contributed by atoms with Crippen molar-refractivity contribution in [2.45, 2.75) is 6.92 Å². The highest BCUT2D eigenvalue weighted by atomic mass is 19.1. The third-order valence-electron chi connectivity index (χ3n) is 3.57. The number of aromatic nitrogens is 4. The molecule has 0 atom stereocenters. The van der Waals surface area contributed by atoms with Crippen LogP contribution < -0.4 is 15.4 Å². The van der Waals surface area contributed by atoms with E-state index in [1.807, 2.05) is 0 Å². The Balaban J connectivity index is 1.95. The molecule has 0 spiro atoms. The number of amides is 2. The number of benzene rings is 2. The number of halogens is 1. The normalized spacial score (nSPS) is 10.3. The maximum atomic E-state index is 13.6. The highest BCUT2D eigenvalue weighted by molar-refractivity contribution is 6.07. The number of hydrogen-bond donors (Lipinski definition) is 2. The standard InChI is InChI=1S/C17H15FN6O3/c1-10(25)20-12-4-6-16(27-2)14(8-12)21-17(26)13-5-3-11(18)7-15(13)24-9-19-22-23-24/h3-9H,1-2H3,(H,20,25)(H,21,26). The van der Waals surface area contributed by atoms with Gasteiger partial charge in [-0.05, 0) is 40.8 Å². The van der Waals surface area contributed by atoms with Crippen molar-refractivity contribution in [3.8, 4) is 11.4 Å². The van der Waals surface area contributed by atoms with Gasteiger partial charge >= 0.3 is 0 Å². The molecular weight excluding hydrogens is 355 g/mol. The lowest BCUT2D eigenvalue weighted by molar-refractivity contribution is -0.114. The van der Waals surface area contributed by atoms with Gasteiger partial charge in [0, 0.05) is 18.7 Å². The molecule has 1 heterocycles. The lowest BCUT2D eigenvalue weighted by Crippen LogP contribution is -2.16. The summed E-state index contributed by atoms with van der Waals surface area (Å²) in [6.45, 7) is 1.37. The van der Waals surface area contributed by atoms with Crippen LogP contribution in [0, 0.1) is 5.82 Å². The monoisotopic (exact) mass is 370 g/mol. The molecule has 3 aromatic rings. The number of nitrogens with zero attached hydrogens (tertiary/aromatic N) is 4. The van der Waals surface area contributed by atoms with Gasteiger partial charge in [-0.15, -0.1) is 5.10 Å². The lowest BCUT2D eigenvalue weighted by Gasteiger charge is -2.14. The Labute approximate surface area is 153 Å². The van der Waals surface area contributed by atoms with Crippen molar-refractivity contribution in [1.29, 1.82) is 0 Å². The van der Waals surface area contributed by atoms with Gasteiger partial charge in [-0.3, -0.25) is 9.59 Å². The van der Waals surface area contributed by atoms with Gasteiger partial charge in [-0.2, -0.15) is 4.68 Å². The highest BCUT2D eigenvalue weighted by Gasteiger charge is 2.17. The Hall–Kier alpha value is -3.82. The summed E-state index contributed by atoms with van der Waals surface area (Å²) >= 11 is 0. The van der Waals surface area contributed by atoms with Crippen LogP contribution in [-0.2, 0) is 4.79 Å². The fraction of sp³-hybridized carbons (Fsp3) is 0.118. The molecule has 27 heavy (non-hydrogen) atoms. The first-order valence-corrected chi connectivity index (χ1v) is 7.78. The van der Waals surface area contributed by atoms with Crippen LogP contribution in [0.25, 0.3) is 5.69 Å². The van der Waals surface area contributed by atoms with Crippen molar-refractivity contribution in [1.82, 2.24) is 20.2 Å². The van der Waals surface area contributed by atoms with E-state index in [1.54, 1.807) is 18.2 Å². The molecule has 2 aromatic carbocycles. The predicted molar refractivity (Wildman–Crippen MR) is 94.4 cm³/mol. The van der Waals surface area contributed by atoms with Gasteiger partial charge in [-0.1, -0.05) is 0 Å². The summed E-state index contributed by atoms with van der Waals surface area (Å²) in [5.74, 6) is -0.929. The second-order valence-corrected chi connectivity index (χ2v) is 5.47. The SMILES string of the molecule is COc1ccc(NC(C)=O)cc1NC(=O)c1ccc(F)cc1-n1cnnn1. The molecule has 9 nitrogen and oxygen atoms in total. The van der Waals surface area contributed by atoms with Crippen LogP contribution in [0.1, 0.15) is 17.3 Å². The molecule has 0 unspecified atom stereocenters. The van der Waals surface area contributed by atoms with E-state index in [1.165, 1.54) is 31.1 Å². The average molecular weight is 370 g/mol. The van der Waals surface area contributed by atoms with Gasteiger partial charge < -0.3 is 15.4 Å². The predicted octanol–water partition coefficient (Wildman–Crippen LogP) is 2.02. The number of carbonyl (C=O) groups excluding carboxylic acids is 2. The van der Waals surface area contributed by atoms with E-state index in [9.17, 15) is 14.0 Å². The van der Waals surface area contributed by atoms with Crippen molar-refractivity contribution in [2.24, 2.45) is 0 Å². The summed E-state index contributed by atoms with van der Waals surface area (Å²) in [7, 11) is 1.45. The zero-order chi connectivity index (χ0) is 19.4. The summed E-state index contributed by atoms with van der Waals surface area (Å²) in [4.78, 5) is 24.0. The Morgan fingerprint density at radius 3 is 2.63 bits per heavy atom. The molecule has 1 aromatic heterocycles. The molecule has 2 N–H and O–H groups in total. The van der Waals surface area contributed by atoms with Crippen molar-refractivity contribution in [3.05, 3.63) is 54.1 Å². The summed E-state index contributed by atoms with van der Waals surface area (Å²) in [6.07, 6.45) is 1.25. The molecule has 2 amide bonds. The van der Waals surface area contributed by atoms with E-state index in [2.05, 4.69) is 26.2 Å². The van der Waals surface area contributed by atoms with Gasteiger partial charge in [-0.25, -0.2) is 4.39 Å². The first-order chi connectivity index (χ1) is 13.0. The van der Waals surface area contributed by atoms with Crippen LogP contribution in [0.2, 0.25) is 0 Å². The smallest absolute Gasteiger partial charge is 0.257 e. The molecule has 0 aliphatic heterocycles. The van der Waals surface area contributed by atoms with Gasteiger partial charge in [0.25, 0.3) is 5.91 Å². The fourth-order valence-electron chi connectivity index (χ4n) is 2.43. The number of methoxy groups -OCH3 is 1. The fourth-order valence-corrected chi connectivity index (χ4v) is 2.43. The third-order valence-corrected chi connectivity index (χ3v) is 3.57. The van der Waals surface area contributed by atoms with E-state index in [-0.39, 0.29) is 17.2 Å². The van der Waals surface area contributed by atoms with Crippen molar-refractivity contribution >= 4 is 23.2 Å². The third kappa shape index (κ3) is 4.06. The van der Waals surface area contributed by atoms with Gasteiger partial charge in [0.1, 0.15) is 17.9 Å². The van der Waals surface area contributed by atoms with Crippen LogP contribution >= 0.6 is 0 Å². The molecule has 0 saturated carbocycles. The topological polar surface area (TPSA) is 111 Å². The van der Waals surface area contributed by atoms with Crippen LogP contribution in [0.4, 0.5) is 15.8 Å².